The van der Waals surface area contributed by atoms with Gasteiger partial charge in [0.05, 0.1) is 11.8 Å². The second kappa shape index (κ2) is 4.52. The summed E-state index contributed by atoms with van der Waals surface area (Å²) in [5.74, 6) is 2.98. The average molecular weight is 191 g/mol. The molecule has 0 saturated carbocycles. The normalized spacial score (nSPS) is 11.8. The van der Waals surface area contributed by atoms with Gasteiger partial charge in [0, 0.05) is 12.5 Å². The van der Waals surface area contributed by atoms with Gasteiger partial charge in [0.15, 0.2) is 0 Å². The van der Waals surface area contributed by atoms with E-state index in [9.17, 15) is 4.79 Å². The van der Waals surface area contributed by atoms with Crippen LogP contribution in [0.25, 0.3) is 0 Å². The number of nitrogens with one attached hydrogen (secondary N) is 1. The topological polar surface area (TPSA) is 42.2 Å². The molecule has 3 nitrogen and oxygen atoms in total. The standard InChI is InChI=1S/C11H13NO2/c1-4-5-8(2)12-11(13)10-6-7-14-9(10)3/h1,6-8H,5H2,2-3H3,(H,12,13). The molecule has 0 aliphatic rings. The minimum absolute atomic E-state index is 0.0122. The molecule has 1 amide bonds. The van der Waals surface area contributed by atoms with Gasteiger partial charge < -0.3 is 9.73 Å². The van der Waals surface area contributed by atoms with E-state index in [-0.39, 0.29) is 11.9 Å². The summed E-state index contributed by atoms with van der Waals surface area (Å²) in [6.45, 7) is 3.62. The van der Waals surface area contributed by atoms with Gasteiger partial charge in [-0.15, -0.1) is 12.3 Å². The molecule has 1 aromatic rings. The Balaban J connectivity index is 2.60. The Kier molecular flexibility index (Phi) is 3.35. The Bertz CT molecular complexity index is 360. The van der Waals surface area contributed by atoms with Crippen LogP contribution in [0.15, 0.2) is 16.7 Å². The molecule has 0 fully saturated rings. The first-order chi connectivity index (χ1) is 6.65. The highest BCUT2D eigenvalue weighted by atomic mass is 16.3. The Labute approximate surface area is 83.5 Å². The molecular formula is C11H13NO2. The van der Waals surface area contributed by atoms with Crippen molar-refractivity contribution < 1.29 is 9.21 Å². The molecule has 1 unspecified atom stereocenters. The van der Waals surface area contributed by atoms with Crippen LogP contribution in [-0.4, -0.2) is 11.9 Å². The van der Waals surface area contributed by atoms with E-state index in [1.54, 1.807) is 13.0 Å². The maximum atomic E-state index is 11.6. The second-order valence-corrected chi connectivity index (χ2v) is 3.17. The molecule has 0 radical (unpaired) electrons. The molecule has 74 valence electrons. The third-order valence-corrected chi connectivity index (χ3v) is 1.90. The van der Waals surface area contributed by atoms with Crippen molar-refractivity contribution in [2.75, 3.05) is 0 Å². The third kappa shape index (κ3) is 2.40. The van der Waals surface area contributed by atoms with E-state index in [0.29, 0.717) is 17.7 Å². The maximum Gasteiger partial charge on any atom is 0.255 e. The van der Waals surface area contributed by atoms with E-state index in [2.05, 4.69) is 11.2 Å². The molecule has 1 rings (SSSR count). The zero-order valence-electron chi connectivity index (χ0n) is 8.33. The number of amides is 1. The van der Waals surface area contributed by atoms with E-state index in [0.717, 1.165) is 0 Å². The van der Waals surface area contributed by atoms with Crippen LogP contribution in [0.3, 0.4) is 0 Å². The number of carbonyl (C=O) groups excluding carboxylic acids is 1. The minimum atomic E-state index is -0.140. The number of rotatable bonds is 3. The number of carbonyl (C=O) groups is 1. The van der Waals surface area contributed by atoms with Crippen molar-refractivity contribution in [2.45, 2.75) is 26.3 Å². The van der Waals surface area contributed by atoms with Gasteiger partial charge in [0.1, 0.15) is 5.76 Å². The highest BCUT2D eigenvalue weighted by Crippen LogP contribution is 2.08. The summed E-state index contributed by atoms with van der Waals surface area (Å²) in [4.78, 5) is 11.6. The third-order valence-electron chi connectivity index (χ3n) is 1.90. The highest BCUT2D eigenvalue weighted by molar-refractivity contribution is 5.95. The van der Waals surface area contributed by atoms with Gasteiger partial charge in [-0.1, -0.05) is 0 Å². The van der Waals surface area contributed by atoms with Gasteiger partial charge in [-0.2, -0.15) is 0 Å². The van der Waals surface area contributed by atoms with Gasteiger partial charge in [-0.3, -0.25) is 4.79 Å². The number of hydrogen-bond donors (Lipinski definition) is 1. The van der Waals surface area contributed by atoms with Crippen LogP contribution in [0, 0.1) is 19.3 Å². The summed E-state index contributed by atoms with van der Waals surface area (Å²) >= 11 is 0. The first-order valence-electron chi connectivity index (χ1n) is 4.43. The van der Waals surface area contributed by atoms with E-state index >= 15 is 0 Å². The van der Waals surface area contributed by atoms with Crippen LogP contribution in [-0.2, 0) is 0 Å². The van der Waals surface area contributed by atoms with Gasteiger partial charge in [-0.05, 0) is 19.9 Å². The fourth-order valence-corrected chi connectivity index (χ4v) is 1.15. The molecule has 1 atom stereocenters. The minimum Gasteiger partial charge on any atom is -0.469 e. The molecular weight excluding hydrogens is 178 g/mol. The van der Waals surface area contributed by atoms with Gasteiger partial charge in [-0.25, -0.2) is 0 Å². The number of furan rings is 1. The summed E-state index contributed by atoms with van der Waals surface area (Å²) in [5, 5.41) is 2.78. The lowest BCUT2D eigenvalue weighted by Gasteiger charge is -2.09. The first kappa shape index (κ1) is 10.4. The van der Waals surface area contributed by atoms with E-state index in [1.807, 2.05) is 6.92 Å². The Morgan fingerprint density at radius 3 is 3.00 bits per heavy atom. The van der Waals surface area contributed by atoms with Crippen LogP contribution < -0.4 is 5.32 Å². The second-order valence-electron chi connectivity index (χ2n) is 3.17. The first-order valence-corrected chi connectivity index (χ1v) is 4.43. The quantitative estimate of drug-likeness (QED) is 0.739. The lowest BCUT2D eigenvalue weighted by molar-refractivity contribution is 0.0939. The molecule has 1 aromatic heterocycles. The summed E-state index contributed by atoms with van der Waals surface area (Å²) in [5.41, 5.74) is 0.564. The zero-order valence-corrected chi connectivity index (χ0v) is 8.33. The van der Waals surface area contributed by atoms with Crippen molar-refractivity contribution in [1.82, 2.24) is 5.32 Å². The molecule has 0 aromatic carbocycles. The highest BCUT2D eigenvalue weighted by Gasteiger charge is 2.12. The molecule has 0 aliphatic carbocycles. The number of hydrogen-bond acceptors (Lipinski definition) is 2. The lowest BCUT2D eigenvalue weighted by Crippen LogP contribution is -2.32. The molecule has 1 heterocycles. The van der Waals surface area contributed by atoms with Crippen LogP contribution >= 0.6 is 0 Å². The Morgan fingerprint density at radius 1 is 1.79 bits per heavy atom. The van der Waals surface area contributed by atoms with Crippen molar-refractivity contribution in [3.63, 3.8) is 0 Å². The summed E-state index contributed by atoms with van der Waals surface area (Å²) in [6, 6.07) is 1.63. The molecule has 0 aliphatic heterocycles. The molecule has 0 bridgehead atoms. The average Bonchev–Trinajstić information content (AvgIpc) is 2.51. The van der Waals surface area contributed by atoms with Crippen LogP contribution in [0.1, 0.15) is 29.5 Å². The predicted octanol–water partition coefficient (Wildman–Crippen LogP) is 1.73. The van der Waals surface area contributed by atoms with Gasteiger partial charge in [0.25, 0.3) is 5.91 Å². The number of terminal acetylenes is 1. The fraction of sp³-hybridized carbons (Fsp3) is 0.364. The Morgan fingerprint density at radius 2 is 2.50 bits per heavy atom. The lowest BCUT2D eigenvalue weighted by atomic mass is 10.2. The Hall–Kier alpha value is -1.69. The number of aryl methyl sites for hydroxylation is 1. The SMILES string of the molecule is C#CCC(C)NC(=O)c1ccoc1C. The van der Waals surface area contributed by atoms with E-state index in [1.165, 1.54) is 6.26 Å². The van der Waals surface area contributed by atoms with Crippen molar-refractivity contribution in [1.29, 1.82) is 0 Å². The fourth-order valence-electron chi connectivity index (χ4n) is 1.15. The van der Waals surface area contributed by atoms with Crippen molar-refractivity contribution >= 4 is 5.91 Å². The largest absolute Gasteiger partial charge is 0.469 e. The summed E-state index contributed by atoms with van der Waals surface area (Å²) < 4.78 is 5.03. The molecule has 3 heteroatoms. The van der Waals surface area contributed by atoms with Gasteiger partial charge >= 0.3 is 0 Å². The van der Waals surface area contributed by atoms with E-state index in [4.69, 9.17) is 10.8 Å². The maximum absolute atomic E-state index is 11.6. The molecule has 14 heavy (non-hydrogen) atoms. The predicted molar refractivity (Wildman–Crippen MR) is 53.8 cm³/mol. The molecule has 0 spiro atoms. The smallest absolute Gasteiger partial charge is 0.255 e. The summed E-state index contributed by atoms with van der Waals surface area (Å²) in [6.07, 6.45) is 7.16. The van der Waals surface area contributed by atoms with Gasteiger partial charge in [0.2, 0.25) is 0 Å². The van der Waals surface area contributed by atoms with Crippen molar-refractivity contribution in [3.05, 3.63) is 23.7 Å². The van der Waals surface area contributed by atoms with Crippen molar-refractivity contribution in [2.24, 2.45) is 0 Å². The zero-order chi connectivity index (χ0) is 10.6. The van der Waals surface area contributed by atoms with Crippen molar-refractivity contribution in [3.8, 4) is 12.3 Å². The van der Waals surface area contributed by atoms with Crippen LogP contribution in [0.2, 0.25) is 0 Å². The van der Waals surface area contributed by atoms with E-state index < -0.39 is 0 Å². The monoisotopic (exact) mass is 191 g/mol. The summed E-state index contributed by atoms with van der Waals surface area (Å²) in [7, 11) is 0. The van der Waals surface area contributed by atoms with Crippen LogP contribution in [0.5, 0.6) is 0 Å². The van der Waals surface area contributed by atoms with Crippen LogP contribution in [0.4, 0.5) is 0 Å². The molecule has 0 saturated heterocycles. The molecule has 1 N–H and O–H groups in total.